The second kappa shape index (κ2) is 5.00. The van der Waals surface area contributed by atoms with Gasteiger partial charge in [0.2, 0.25) is 5.91 Å². The van der Waals surface area contributed by atoms with Gasteiger partial charge in [-0.15, -0.1) is 0 Å². The van der Waals surface area contributed by atoms with E-state index in [1.807, 2.05) is 0 Å². The Kier molecular flexibility index (Phi) is 3.18. The number of allylic oxidation sites excluding steroid dienone is 2. The van der Waals surface area contributed by atoms with E-state index in [2.05, 4.69) is 22.8 Å². The molecule has 3 amide bonds. The van der Waals surface area contributed by atoms with Crippen LogP contribution in [0.15, 0.2) is 36.4 Å². The Bertz CT molecular complexity index is 582. The van der Waals surface area contributed by atoms with Crippen LogP contribution >= 0.6 is 0 Å². The number of carbonyl (C=O) groups excluding carboxylic acids is 2. The van der Waals surface area contributed by atoms with Crippen molar-refractivity contribution in [3.05, 3.63) is 36.4 Å². The van der Waals surface area contributed by atoms with Gasteiger partial charge in [0.05, 0.1) is 5.69 Å². The van der Waals surface area contributed by atoms with Crippen LogP contribution in [0.4, 0.5) is 10.5 Å². The highest BCUT2D eigenvalue weighted by atomic mass is 16.3. The zero-order chi connectivity index (χ0) is 14.1. The van der Waals surface area contributed by atoms with Gasteiger partial charge >= 0.3 is 6.03 Å². The largest absolute Gasteiger partial charge is 0.506 e. The lowest BCUT2D eigenvalue weighted by Crippen LogP contribution is -2.39. The van der Waals surface area contributed by atoms with Crippen molar-refractivity contribution in [2.45, 2.75) is 12.8 Å². The Labute approximate surface area is 116 Å². The minimum absolute atomic E-state index is 0.0297. The number of urea groups is 1. The van der Waals surface area contributed by atoms with E-state index in [9.17, 15) is 14.7 Å². The molecule has 0 aromatic heterocycles. The minimum Gasteiger partial charge on any atom is -0.506 e. The van der Waals surface area contributed by atoms with Crippen LogP contribution in [-0.4, -0.2) is 17.0 Å². The van der Waals surface area contributed by atoms with Crippen LogP contribution in [0.2, 0.25) is 0 Å². The molecule has 0 heterocycles. The minimum atomic E-state index is -0.608. The summed E-state index contributed by atoms with van der Waals surface area (Å²) in [6, 6.07) is 5.78. The Morgan fingerprint density at radius 1 is 1.15 bits per heavy atom. The SMILES string of the molecule is O=C(NC(=O)C1CC2C=CC1C2)Nc1ccccc1O. The molecule has 2 aliphatic carbocycles. The molecule has 1 fully saturated rings. The highest BCUT2D eigenvalue weighted by molar-refractivity contribution is 6.02. The number of nitrogens with one attached hydrogen (secondary N) is 2. The summed E-state index contributed by atoms with van der Waals surface area (Å²) in [7, 11) is 0. The van der Waals surface area contributed by atoms with Crippen molar-refractivity contribution in [2.24, 2.45) is 17.8 Å². The maximum atomic E-state index is 12.1. The molecule has 5 nitrogen and oxygen atoms in total. The number of phenolic OH excluding ortho intramolecular Hbond substituents is 1. The summed E-state index contributed by atoms with van der Waals surface area (Å²) in [5.74, 6) is 0.364. The number of imide groups is 1. The second-order valence-corrected chi connectivity index (χ2v) is 5.35. The number of benzene rings is 1. The van der Waals surface area contributed by atoms with Crippen molar-refractivity contribution in [2.75, 3.05) is 5.32 Å². The van der Waals surface area contributed by atoms with E-state index in [1.165, 1.54) is 6.07 Å². The molecule has 2 bridgehead atoms. The number of hydrogen-bond donors (Lipinski definition) is 3. The summed E-state index contributed by atoms with van der Waals surface area (Å²) in [6.45, 7) is 0. The molecular weight excluding hydrogens is 256 g/mol. The predicted octanol–water partition coefficient (Wildman–Crippen LogP) is 2.25. The molecule has 3 unspecified atom stereocenters. The van der Waals surface area contributed by atoms with Crippen LogP contribution in [0.5, 0.6) is 5.75 Å². The van der Waals surface area contributed by atoms with Crippen LogP contribution in [0, 0.1) is 17.8 Å². The Balaban J connectivity index is 1.58. The van der Waals surface area contributed by atoms with Crippen LogP contribution in [-0.2, 0) is 4.79 Å². The van der Waals surface area contributed by atoms with Gasteiger partial charge in [-0.05, 0) is 36.8 Å². The normalized spacial score (nSPS) is 26.5. The number of amides is 3. The molecule has 1 aromatic carbocycles. The van der Waals surface area contributed by atoms with Gasteiger partial charge in [0.25, 0.3) is 0 Å². The fourth-order valence-corrected chi connectivity index (χ4v) is 3.02. The number of hydrogen-bond acceptors (Lipinski definition) is 3. The van der Waals surface area contributed by atoms with Gasteiger partial charge in [-0.1, -0.05) is 24.3 Å². The summed E-state index contributed by atoms with van der Waals surface area (Å²) < 4.78 is 0. The number of rotatable bonds is 2. The summed E-state index contributed by atoms with van der Waals surface area (Å²) in [5.41, 5.74) is 0.283. The van der Waals surface area contributed by atoms with Crippen molar-refractivity contribution in [3.8, 4) is 5.75 Å². The first-order chi connectivity index (χ1) is 9.63. The molecule has 3 N–H and O–H groups in total. The average Bonchev–Trinajstić information content (AvgIpc) is 3.03. The predicted molar refractivity (Wildman–Crippen MR) is 74.1 cm³/mol. The highest BCUT2D eigenvalue weighted by Gasteiger charge is 2.40. The van der Waals surface area contributed by atoms with Crippen LogP contribution < -0.4 is 10.6 Å². The summed E-state index contributed by atoms with van der Waals surface area (Å²) >= 11 is 0. The average molecular weight is 272 g/mol. The molecule has 3 rings (SSSR count). The molecule has 0 saturated heterocycles. The van der Waals surface area contributed by atoms with Crippen molar-refractivity contribution in [3.63, 3.8) is 0 Å². The number of phenols is 1. The smallest absolute Gasteiger partial charge is 0.325 e. The van der Waals surface area contributed by atoms with Crippen molar-refractivity contribution in [1.82, 2.24) is 5.32 Å². The van der Waals surface area contributed by atoms with E-state index in [0.717, 1.165) is 12.8 Å². The first-order valence-corrected chi connectivity index (χ1v) is 6.71. The number of anilines is 1. The third-order valence-electron chi connectivity index (χ3n) is 4.00. The fourth-order valence-electron chi connectivity index (χ4n) is 3.02. The molecule has 104 valence electrons. The first-order valence-electron chi connectivity index (χ1n) is 6.71. The maximum absolute atomic E-state index is 12.1. The van der Waals surface area contributed by atoms with E-state index in [4.69, 9.17) is 0 Å². The fraction of sp³-hybridized carbons (Fsp3) is 0.333. The molecule has 5 heteroatoms. The van der Waals surface area contributed by atoms with E-state index in [-0.39, 0.29) is 29.2 Å². The zero-order valence-corrected chi connectivity index (χ0v) is 10.9. The van der Waals surface area contributed by atoms with Gasteiger partial charge in [-0.3, -0.25) is 10.1 Å². The number of fused-ring (bicyclic) bond motifs is 2. The quantitative estimate of drug-likeness (QED) is 0.570. The van der Waals surface area contributed by atoms with E-state index in [1.54, 1.807) is 18.2 Å². The van der Waals surface area contributed by atoms with Gasteiger partial charge in [-0.2, -0.15) is 0 Å². The third kappa shape index (κ3) is 2.39. The monoisotopic (exact) mass is 272 g/mol. The van der Waals surface area contributed by atoms with Gasteiger partial charge in [-0.25, -0.2) is 4.79 Å². The number of para-hydroxylation sites is 2. The molecule has 1 aromatic rings. The lowest BCUT2D eigenvalue weighted by Gasteiger charge is -2.17. The first kappa shape index (κ1) is 12.7. The van der Waals surface area contributed by atoms with Crippen LogP contribution in [0.3, 0.4) is 0 Å². The molecule has 0 spiro atoms. The van der Waals surface area contributed by atoms with Crippen molar-refractivity contribution >= 4 is 17.6 Å². The van der Waals surface area contributed by atoms with Crippen molar-refractivity contribution in [1.29, 1.82) is 0 Å². The highest BCUT2D eigenvalue weighted by Crippen LogP contribution is 2.43. The van der Waals surface area contributed by atoms with E-state index >= 15 is 0 Å². The van der Waals surface area contributed by atoms with Gasteiger partial charge in [0.15, 0.2) is 0 Å². The molecular formula is C15H16N2O3. The molecule has 0 aliphatic heterocycles. The standard InChI is InChI=1S/C15H16N2O3/c18-13-4-2-1-3-12(13)16-15(20)17-14(19)11-8-9-5-6-10(11)7-9/h1-6,9-11,18H,7-8H2,(H2,16,17,19,20). The van der Waals surface area contributed by atoms with Crippen LogP contribution in [0.25, 0.3) is 0 Å². The second-order valence-electron chi connectivity index (χ2n) is 5.35. The summed E-state index contributed by atoms with van der Waals surface area (Å²) in [4.78, 5) is 23.8. The molecule has 0 radical (unpaired) electrons. The van der Waals surface area contributed by atoms with E-state index in [0.29, 0.717) is 5.92 Å². The summed E-state index contributed by atoms with van der Waals surface area (Å²) in [5, 5.41) is 14.4. The van der Waals surface area contributed by atoms with Crippen LogP contribution in [0.1, 0.15) is 12.8 Å². The third-order valence-corrected chi connectivity index (χ3v) is 4.00. The lowest BCUT2D eigenvalue weighted by molar-refractivity contribution is -0.124. The zero-order valence-electron chi connectivity index (χ0n) is 10.9. The Hall–Kier alpha value is -2.30. The van der Waals surface area contributed by atoms with Gasteiger partial charge < -0.3 is 10.4 Å². The Morgan fingerprint density at radius 3 is 2.60 bits per heavy atom. The topological polar surface area (TPSA) is 78.4 Å². The lowest BCUT2D eigenvalue weighted by atomic mass is 9.93. The van der Waals surface area contributed by atoms with E-state index < -0.39 is 6.03 Å². The van der Waals surface area contributed by atoms with Gasteiger partial charge in [0, 0.05) is 5.92 Å². The van der Waals surface area contributed by atoms with Gasteiger partial charge in [0.1, 0.15) is 5.75 Å². The number of carbonyl (C=O) groups is 2. The van der Waals surface area contributed by atoms with Crippen molar-refractivity contribution < 1.29 is 14.7 Å². The molecule has 3 atom stereocenters. The number of aromatic hydroxyl groups is 1. The summed E-state index contributed by atoms with van der Waals surface area (Å²) in [6.07, 6.45) is 6.05. The molecule has 2 aliphatic rings. The maximum Gasteiger partial charge on any atom is 0.325 e. The molecule has 1 saturated carbocycles. The Morgan fingerprint density at radius 2 is 1.95 bits per heavy atom. The molecule has 20 heavy (non-hydrogen) atoms.